The van der Waals surface area contributed by atoms with E-state index in [0.29, 0.717) is 0 Å². The van der Waals surface area contributed by atoms with Crippen LogP contribution in [0.5, 0.6) is 0 Å². The van der Waals surface area contributed by atoms with Crippen molar-refractivity contribution in [2.24, 2.45) is 5.14 Å². The smallest absolute Gasteiger partial charge is 0.238 e. The number of hydrogen-bond acceptors (Lipinski definition) is 2. The van der Waals surface area contributed by atoms with E-state index in [-0.39, 0.29) is 15.6 Å². The van der Waals surface area contributed by atoms with Crippen molar-refractivity contribution in [2.75, 3.05) is 0 Å². The minimum absolute atomic E-state index is 0.0315. The zero-order valence-electron chi connectivity index (χ0n) is 6.36. The summed E-state index contributed by atoms with van der Waals surface area (Å²) in [6.45, 7) is 6.65. The summed E-state index contributed by atoms with van der Waals surface area (Å²) in [5.41, 5.74) is 0.275. The first-order valence-electron chi connectivity index (χ1n) is 3.15. The predicted molar refractivity (Wildman–Crippen MR) is 49.1 cm³/mol. The Morgan fingerprint density at radius 3 is 2.46 bits per heavy atom. The van der Waals surface area contributed by atoms with Crippen molar-refractivity contribution < 1.29 is 8.42 Å². The topological polar surface area (TPSA) is 64.5 Å². The van der Waals surface area contributed by atoms with Crippen LogP contribution in [0.2, 0.25) is 5.02 Å². The Kier molecular flexibility index (Phi) is 2.57. The average molecular weight is 217 g/mol. The number of halogens is 1. The molecule has 1 aromatic rings. The highest BCUT2D eigenvalue weighted by Gasteiger charge is 2.12. The second-order valence-electron chi connectivity index (χ2n) is 2.27. The molecule has 0 aliphatic carbocycles. The fourth-order valence-electron chi connectivity index (χ4n) is 0.790. The van der Waals surface area contributed by atoms with Crippen molar-refractivity contribution in [3.63, 3.8) is 0 Å². The van der Waals surface area contributed by atoms with Crippen molar-refractivity contribution in [3.05, 3.63) is 34.6 Å². The first-order chi connectivity index (χ1) is 5.95. The largest absolute Gasteiger partial charge is 0.239 e. The third-order valence-corrected chi connectivity index (χ3v) is 2.74. The summed E-state index contributed by atoms with van der Waals surface area (Å²) in [5, 5.41) is 4.83. The Hall–Kier alpha value is -1.09. The summed E-state index contributed by atoms with van der Waals surface area (Å²) in [7, 11) is -3.79. The summed E-state index contributed by atoms with van der Waals surface area (Å²) in [6, 6.07) is 3.82. The molecule has 0 bridgehead atoms. The molecule has 0 aliphatic rings. The first kappa shape index (κ1) is 9.99. The number of nitrogens with zero attached hydrogens (tertiary/aromatic N) is 1. The highest BCUT2D eigenvalue weighted by atomic mass is 35.5. The molecule has 2 N–H and O–H groups in total. The number of benzene rings is 1. The van der Waals surface area contributed by atoms with Gasteiger partial charge in [0, 0.05) is 0 Å². The Labute approximate surface area is 80.8 Å². The van der Waals surface area contributed by atoms with Crippen LogP contribution >= 0.6 is 11.6 Å². The Balaban J connectivity index is 3.40. The number of sulfonamides is 1. The van der Waals surface area contributed by atoms with Crippen LogP contribution in [0.25, 0.3) is 4.85 Å². The van der Waals surface area contributed by atoms with E-state index < -0.39 is 10.0 Å². The molecule has 0 saturated carbocycles. The van der Waals surface area contributed by atoms with E-state index in [0.717, 1.165) is 0 Å². The van der Waals surface area contributed by atoms with Gasteiger partial charge >= 0.3 is 0 Å². The SMILES string of the molecule is [C-]#[N+]c1ccc(S(N)(=O)=O)c(Cl)c1. The van der Waals surface area contributed by atoms with E-state index in [1.165, 1.54) is 18.2 Å². The number of hydrogen-bond donors (Lipinski definition) is 1. The fraction of sp³-hybridized carbons (Fsp3) is 0. The van der Waals surface area contributed by atoms with Gasteiger partial charge in [0.05, 0.1) is 16.5 Å². The summed E-state index contributed by atoms with van der Waals surface area (Å²) in [4.78, 5) is 2.92. The van der Waals surface area contributed by atoms with Crippen LogP contribution in [0.3, 0.4) is 0 Å². The van der Waals surface area contributed by atoms with Crippen LogP contribution in [0, 0.1) is 6.57 Å². The predicted octanol–water partition coefficient (Wildman–Crippen LogP) is 1.54. The summed E-state index contributed by atoms with van der Waals surface area (Å²) < 4.78 is 21.7. The zero-order valence-corrected chi connectivity index (χ0v) is 7.93. The van der Waals surface area contributed by atoms with E-state index in [1.807, 2.05) is 0 Å². The molecule has 0 saturated heterocycles. The van der Waals surface area contributed by atoms with Gasteiger partial charge in [0.1, 0.15) is 0 Å². The van der Waals surface area contributed by atoms with Crippen LogP contribution in [0.1, 0.15) is 0 Å². The molecule has 68 valence electrons. The van der Waals surface area contributed by atoms with Gasteiger partial charge in [0.15, 0.2) is 5.69 Å². The van der Waals surface area contributed by atoms with Gasteiger partial charge in [-0.2, -0.15) is 0 Å². The van der Waals surface area contributed by atoms with Crippen LogP contribution in [-0.2, 0) is 10.0 Å². The minimum Gasteiger partial charge on any atom is -0.238 e. The van der Waals surface area contributed by atoms with Crippen LogP contribution < -0.4 is 5.14 Å². The maximum absolute atomic E-state index is 10.9. The zero-order chi connectivity index (χ0) is 10.1. The lowest BCUT2D eigenvalue weighted by Crippen LogP contribution is -2.12. The van der Waals surface area contributed by atoms with E-state index in [1.54, 1.807) is 0 Å². The summed E-state index contributed by atoms with van der Waals surface area (Å²) >= 11 is 5.59. The molecule has 0 heterocycles. The second kappa shape index (κ2) is 3.34. The van der Waals surface area contributed by atoms with Crippen LogP contribution in [-0.4, -0.2) is 8.42 Å². The molecule has 1 rings (SSSR count). The Morgan fingerprint density at radius 1 is 1.46 bits per heavy atom. The highest BCUT2D eigenvalue weighted by Crippen LogP contribution is 2.25. The molecule has 0 atom stereocenters. The maximum atomic E-state index is 10.9. The third-order valence-electron chi connectivity index (χ3n) is 1.35. The lowest BCUT2D eigenvalue weighted by Gasteiger charge is -2.00. The van der Waals surface area contributed by atoms with Gasteiger partial charge in [-0.15, -0.1) is 0 Å². The van der Waals surface area contributed by atoms with Gasteiger partial charge in [0.25, 0.3) is 0 Å². The quantitative estimate of drug-likeness (QED) is 0.724. The number of rotatable bonds is 1. The molecule has 0 aromatic heterocycles. The maximum Gasteiger partial charge on any atom is 0.239 e. The van der Waals surface area contributed by atoms with Crippen molar-refractivity contribution >= 4 is 27.3 Å². The van der Waals surface area contributed by atoms with Gasteiger partial charge in [0.2, 0.25) is 10.0 Å². The van der Waals surface area contributed by atoms with Crippen molar-refractivity contribution in [3.8, 4) is 0 Å². The standard InChI is InChI=1S/C7H5ClN2O2S/c1-10-5-2-3-7(6(8)4-5)13(9,11)12/h2-4H,(H2,9,11,12). The van der Waals surface area contributed by atoms with Gasteiger partial charge in [-0.25, -0.2) is 18.4 Å². The van der Waals surface area contributed by atoms with Gasteiger partial charge in [-0.3, -0.25) is 0 Å². The molecule has 0 aliphatic heterocycles. The Bertz CT molecular complexity index is 476. The van der Waals surface area contributed by atoms with E-state index in [4.69, 9.17) is 23.3 Å². The van der Waals surface area contributed by atoms with Crippen LogP contribution in [0.15, 0.2) is 23.1 Å². The third kappa shape index (κ3) is 2.18. The summed E-state index contributed by atoms with van der Waals surface area (Å²) in [6.07, 6.45) is 0. The minimum atomic E-state index is -3.79. The molecule has 4 nitrogen and oxygen atoms in total. The molecule has 0 radical (unpaired) electrons. The number of primary sulfonamides is 1. The molecule has 0 fully saturated rings. The van der Waals surface area contributed by atoms with Crippen molar-refractivity contribution in [1.29, 1.82) is 0 Å². The monoisotopic (exact) mass is 216 g/mol. The lowest BCUT2D eigenvalue weighted by molar-refractivity contribution is 0.598. The lowest BCUT2D eigenvalue weighted by atomic mass is 10.3. The molecule has 0 unspecified atom stereocenters. The molecule has 6 heteroatoms. The van der Waals surface area contributed by atoms with E-state index in [9.17, 15) is 8.42 Å². The van der Waals surface area contributed by atoms with Crippen molar-refractivity contribution in [1.82, 2.24) is 0 Å². The fourth-order valence-corrected chi connectivity index (χ4v) is 1.88. The second-order valence-corrected chi connectivity index (χ2v) is 4.21. The molecular weight excluding hydrogens is 212 g/mol. The van der Waals surface area contributed by atoms with Gasteiger partial charge in [-0.05, 0) is 6.07 Å². The average Bonchev–Trinajstić information content (AvgIpc) is 2.01. The van der Waals surface area contributed by atoms with Gasteiger partial charge < -0.3 is 0 Å². The molecule has 1 aromatic carbocycles. The number of nitrogens with two attached hydrogens (primary N) is 1. The molecule has 0 spiro atoms. The van der Waals surface area contributed by atoms with Gasteiger partial charge in [-0.1, -0.05) is 23.7 Å². The van der Waals surface area contributed by atoms with Crippen LogP contribution in [0.4, 0.5) is 5.69 Å². The first-order valence-corrected chi connectivity index (χ1v) is 5.07. The Morgan fingerprint density at radius 2 is 2.08 bits per heavy atom. The molecule has 0 amide bonds. The van der Waals surface area contributed by atoms with E-state index >= 15 is 0 Å². The van der Waals surface area contributed by atoms with E-state index in [2.05, 4.69) is 4.85 Å². The summed E-state index contributed by atoms with van der Waals surface area (Å²) in [5.74, 6) is 0. The molecular formula is C7H5ClN2O2S. The van der Waals surface area contributed by atoms with Crippen molar-refractivity contribution in [2.45, 2.75) is 4.90 Å². The highest BCUT2D eigenvalue weighted by molar-refractivity contribution is 7.89. The normalized spacial score (nSPS) is 10.8. The molecule has 13 heavy (non-hydrogen) atoms.